The Balaban J connectivity index is 1.58. The molecule has 2 heterocycles. The molecule has 0 bridgehead atoms. The minimum Gasteiger partial charge on any atom is -0.333 e. The van der Waals surface area contributed by atoms with E-state index in [4.69, 9.17) is 0 Å². The lowest BCUT2D eigenvalue weighted by atomic mass is 10.2. The zero-order chi connectivity index (χ0) is 16.5. The summed E-state index contributed by atoms with van der Waals surface area (Å²) in [6.07, 6.45) is 3.56. The van der Waals surface area contributed by atoms with Crippen LogP contribution >= 0.6 is 11.3 Å². The van der Waals surface area contributed by atoms with Gasteiger partial charge in [0.15, 0.2) is 0 Å². The maximum absolute atomic E-state index is 12.8. The number of nitrogens with zero attached hydrogens (tertiary/aromatic N) is 3. The molecule has 0 aliphatic heterocycles. The van der Waals surface area contributed by atoms with Crippen molar-refractivity contribution in [3.63, 3.8) is 0 Å². The average molecular weight is 339 g/mol. The summed E-state index contributed by atoms with van der Waals surface area (Å²) in [5, 5.41) is 2.56. The van der Waals surface area contributed by atoms with Gasteiger partial charge < -0.3 is 4.90 Å². The summed E-state index contributed by atoms with van der Waals surface area (Å²) in [4.78, 5) is 32.6. The van der Waals surface area contributed by atoms with E-state index >= 15 is 0 Å². The topological polar surface area (TPSA) is 55.2 Å². The van der Waals surface area contributed by atoms with Crippen LogP contribution in [0.3, 0.4) is 0 Å². The average Bonchev–Trinajstić information content (AvgIpc) is 3.31. The Labute approximate surface area is 143 Å². The van der Waals surface area contributed by atoms with Gasteiger partial charge in [-0.2, -0.15) is 0 Å². The van der Waals surface area contributed by atoms with Crippen LogP contribution in [0.5, 0.6) is 0 Å². The van der Waals surface area contributed by atoms with E-state index in [-0.39, 0.29) is 18.0 Å². The van der Waals surface area contributed by atoms with E-state index in [0.717, 1.165) is 12.8 Å². The number of para-hydroxylation sites is 1. The molecule has 1 saturated carbocycles. The molecule has 24 heavy (non-hydrogen) atoms. The fraction of sp³-hybridized carbons (Fsp3) is 0.278. The molecule has 0 saturated heterocycles. The molecule has 5 nitrogen and oxygen atoms in total. The highest BCUT2D eigenvalue weighted by atomic mass is 32.1. The Morgan fingerprint density at radius 2 is 2.08 bits per heavy atom. The van der Waals surface area contributed by atoms with E-state index < -0.39 is 0 Å². The molecule has 0 unspecified atom stereocenters. The lowest BCUT2D eigenvalue weighted by molar-refractivity contribution is -0.133. The summed E-state index contributed by atoms with van der Waals surface area (Å²) < 4.78 is 1.41. The van der Waals surface area contributed by atoms with Crippen LogP contribution < -0.4 is 5.56 Å². The van der Waals surface area contributed by atoms with Crippen molar-refractivity contribution in [3.8, 4) is 0 Å². The molecule has 3 aromatic rings. The van der Waals surface area contributed by atoms with Crippen molar-refractivity contribution in [3.05, 3.63) is 63.3 Å². The Morgan fingerprint density at radius 3 is 2.83 bits per heavy atom. The molecule has 1 fully saturated rings. The number of aromatic nitrogens is 2. The molecule has 6 heteroatoms. The third-order valence-electron chi connectivity index (χ3n) is 4.25. The minimum atomic E-state index is -0.166. The van der Waals surface area contributed by atoms with Crippen molar-refractivity contribution in [2.24, 2.45) is 0 Å². The number of rotatable bonds is 5. The largest absolute Gasteiger partial charge is 0.333 e. The lowest BCUT2D eigenvalue weighted by Crippen LogP contribution is -2.37. The van der Waals surface area contributed by atoms with Gasteiger partial charge in [-0.25, -0.2) is 4.98 Å². The van der Waals surface area contributed by atoms with Crippen LogP contribution in [0.25, 0.3) is 10.9 Å². The molecule has 4 rings (SSSR count). The first-order chi connectivity index (χ1) is 11.7. The van der Waals surface area contributed by atoms with Crippen molar-refractivity contribution < 1.29 is 4.79 Å². The first-order valence-corrected chi connectivity index (χ1v) is 8.86. The summed E-state index contributed by atoms with van der Waals surface area (Å²) in [6, 6.07) is 11.5. The zero-order valence-electron chi connectivity index (χ0n) is 13.1. The summed E-state index contributed by atoms with van der Waals surface area (Å²) in [7, 11) is 0. The molecular weight excluding hydrogens is 322 g/mol. The number of hydrogen-bond acceptors (Lipinski definition) is 4. The van der Waals surface area contributed by atoms with Crippen molar-refractivity contribution in [1.29, 1.82) is 0 Å². The molecule has 1 aliphatic carbocycles. The second-order valence-corrected chi connectivity index (χ2v) is 7.06. The molecule has 0 spiro atoms. The van der Waals surface area contributed by atoms with E-state index in [1.165, 1.54) is 15.8 Å². The second kappa shape index (κ2) is 6.20. The van der Waals surface area contributed by atoms with Crippen LogP contribution in [0.4, 0.5) is 0 Å². The summed E-state index contributed by atoms with van der Waals surface area (Å²) in [6.45, 7) is 0.662. The highest BCUT2D eigenvalue weighted by molar-refractivity contribution is 7.09. The maximum Gasteiger partial charge on any atom is 0.261 e. The highest BCUT2D eigenvalue weighted by Crippen LogP contribution is 2.29. The van der Waals surface area contributed by atoms with Gasteiger partial charge >= 0.3 is 0 Å². The quantitative estimate of drug-likeness (QED) is 0.718. The van der Waals surface area contributed by atoms with Gasteiger partial charge in [0, 0.05) is 10.9 Å². The number of benzene rings is 1. The van der Waals surface area contributed by atoms with Crippen LogP contribution in [0.1, 0.15) is 17.7 Å². The molecule has 0 radical (unpaired) electrons. The maximum atomic E-state index is 12.8. The zero-order valence-corrected chi connectivity index (χ0v) is 13.9. The normalized spacial score (nSPS) is 14.0. The van der Waals surface area contributed by atoms with Crippen LogP contribution in [-0.2, 0) is 17.9 Å². The van der Waals surface area contributed by atoms with Crippen LogP contribution in [0.15, 0.2) is 52.9 Å². The van der Waals surface area contributed by atoms with Gasteiger partial charge in [0.2, 0.25) is 5.91 Å². The number of thiophene rings is 1. The van der Waals surface area contributed by atoms with Gasteiger partial charge in [-0.3, -0.25) is 14.2 Å². The van der Waals surface area contributed by atoms with Crippen molar-refractivity contribution in [1.82, 2.24) is 14.5 Å². The standard InChI is InChI=1S/C18H17N3O2S/c22-17(21(13-7-8-13)10-14-4-3-9-24-14)11-20-12-19-16-6-2-1-5-15(16)18(20)23/h1-6,9,12-13H,7-8,10-11H2. The van der Waals surface area contributed by atoms with Gasteiger partial charge in [0.1, 0.15) is 6.54 Å². The van der Waals surface area contributed by atoms with Gasteiger partial charge in [-0.15, -0.1) is 11.3 Å². The van der Waals surface area contributed by atoms with Crippen LogP contribution in [0, 0.1) is 0 Å². The summed E-state index contributed by atoms with van der Waals surface area (Å²) >= 11 is 1.65. The number of carbonyl (C=O) groups is 1. The van der Waals surface area contributed by atoms with Crippen molar-refractivity contribution in [2.45, 2.75) is 32.0 Å². The minimum absolute atomic E-state index is 0.0231. The smallest absolute Gasteiger partial charge is 0.261 e. The highest BCUT2D eigenvalue weighted by Gasteiger charge is 2.32. The molecule has 1 amide bonds. The molecule has 122 valence electrons. The third-order valence-corrected chi connectivity index (χ3v) is 5.11. The monoisotopic (exact) mass is 339 g/mol. The van der Waals surface area contributed by atoms with Gasteiger partial charge in [0.05, 0.1) is 23.8 Å². The summed E-state index contributed by atoms with van der Waals surface area (Å²) in [5.41, 5.74) is 0.490. The van der Waals surface area contributed by atoms with E-state index in [1.807, 2.05) is 34.5 Å². The summed E-state index contributed by atoms with van der Waals surface area (Å²) in [5.74, 6) is -0.0231. The molecule has 1 aliphatic rings. The predicted octanol–water partition coefficient (Wildman–Crippen LogP) is 2.65. The molecular formula is C18H17N3O2S. The van der Waals surface area contributed by atoms with Crippen molar-refractivity contribution >= 4 is 28.1 Å². The Morgan fingerprint density at radius 1 is 1.25 bits per heavy atom. The molecule has 0 atom stereocenters. The molecule has 1 aromatic carbocycles. The van der Waals surface area contributed by atoms with E-state index in [2.05, 4.69) is 4.98 Å². The Kier molecular flexibility index (Phi) is 3.90. The van der Waals surface area contributed by atoms with Crippen molar-refractivity contribution in [2.75, 3.05) is 0 Å². The molecule has 2 aromatic heterocycles. The predicted molar refractivity (Wildman–Crippen MR) is 93.9 cm³/mol. The van der Waals surface area contributed by atoms with Gasteiger partial charge in [-0.05, 0) is 36.4 Å². The van der Waals surface area contributed by atoms with Crippen LogP contribution in [-0.4, -0.2) is 26.4 Å². The Hall–Kier alpha value is -2.47. The van der Waals surface area contributed by atoms with E-state index in [9.17, 15) is 9.59 Å². The van der Waals surface area contributed by atoms with Crippen LogP contribution in [0.2, 0.25) is 0 Å². The SMILES string of the molecule is O=C(Cn1cnc2ccccc2c1=O)N(Cc1cccs1)C1CC1. The Bertz CT molecular complexity index is 929. The van der Waals surface area contributed by atoms with E-state index in [0.29, 0.717) is 23.5 Å². The first-order valence-electron chi connectivity index (χ1n) is 7.98. The molecule has 0 N–H and O–H groups in total. The van der Waals surface area contributed by atoms with E-state index in [1.54, 1.807) is 23.5 Å². The van der Waals surface area contributed by atoms with Gasteiger partial charge in [0.25, 0.3) is 5.56 Å². The fourth-order valence-corrected chi connectivity index (χ4v) is 3.54. The fourth-order valence-electron chi connectivity index (χ4n) is 2.83. The first kappa shape index (κ1) is 15.1. The lowest BCUT2D eigenvalue weighted by Gasteiger charge is -2.22. The number of amides is 1. The number of hydrogen-bond donors (Lipinski definition) is 0. The third kappa shape index (κ3) is 2.97. The van der Waals surface area contributed by atoms with Gasteiger partial charge in [-0.1, -0.05) is 18.2 Å². The number of fused-ring (bicyclic) bond motifs is 1. The number of carbonyl (C=O) groups excluding carboxylic acids is 1. The second-order valence-electron chi connectivity index (χ2n) is 6.03.